The fourth-order valence-electron chi connectivity index (χ4n) is 2.58. The van der Waals surface area contributed by atoms with E-state index in [9.17, 15) is 10.1 Å². The smallest absolute Gasteiger partial charge is 0.270 e. The van der Waals surface area contributed by atoms with E-state index in [0.29, 0.717) is 28.0 Å². The average molecular weight is 399 g/mol. The normalized spacial score (nSPS) is 11.0. The molecule has 0 bridgehead atoms. The van der Waals surface area contributed by atoms with Crippen LogP contribution >= 0.6 is 11.8 Å². The fraction of sp³-hybridized carbons (Fsp3) is 0.263. The minimum absolute atomic E-state index is 0.0151. The first-order valence-corrected chi connectivity index (χ1v) is 9.68. The van der Waals surface area contributed by atoms with Gasteiger partial charge in [-0.15, -0.1) is 10.2 Å². The number of nitrogens with zero attached hydrogens (tertiary/aromatic N) is 4. The van der Waals surface area contributed by atoms with Gasteiger partial charge in [-0.25, -0.2) is 4.68 Å². The number of thioether (sulfide) groups is 1. The van der Waals surface area contributed by atoms with Gasteiger partial charge in [-0.1, -0.05) is 41.6 Å². The van der Waals surface area contributed by atoms with Gasteiger partial charge < -0.3 is 10.6 Å². The molecule has 9 heteroatoms. The number of nitrogen functional groups attached to an aromatic ring is 1. The summed E-state index contributed by atoms with van der Waals surface area (Å²) in [6.07, 6.45) is -0.0449. The van der Waals surface area contributed by atoms with Crippen molar-refractivity contribution >= 4 is 17.4 Å². The van der Waals surface area contributed by atoms with Gasteiger partial charge in [0, 0.05) is 29.0 Å². The highest BCUT2D eigenvalue weighted by Crippen LogP contribution is 2.31. The molecule has 0 amide bonds. The Morgan fingerprint density at radius 3 is 2.57 bits per heavy atom. The molecule has 0 unspecified atom stereocenters. The predicted octanol–water partition coefficient (Wildman–Crippen LogP) is 3.96. The molecule has 0 aliphatic rings. The van der Waals surface area contributed by atoms with Crippen LogP contribution in [0.15, 0.2) is 47.6 Å². The molecule has 0 aliphatic heterocycles. The largest absolute Gasteiger partial charge is 0.491 e. The van der Waals surface area contributed by atoms with E-state index in [2.05, 4.69) is 10.2 Å². The summed E-state index contributed by atoms with van der Waals surface area (Å²) in [6, 6.07) is 12.4. The molecule has 146 valence electrons. The second kappa shape index (κ2) is 8.30. The monoisotopic (exact) mass is 399 g/mol. The third kappa shape index (κ3) is 4.42. The van der Waals surface area contributed by atoms with E-state index in [0.717, 1.165) is 11.1 Å². The topological polar surface area (TPSA) is 109 Å². The molecular weight excluding hydrogens is 378 g/mol. The van der Waals surface area contributed by atoms with Crippen molar-refractivity contribution in [1.82, 2.24) is 14.9 Å². The average Bonchev–Trinajstić information content (AvgIpc) is 3.01. The number of nitrogens with two attached hydrogens (primary N) is 1. The molecule has 2 aromatic carbocycles. The van der Waals surface area contributed by atoms with Crippen LogP contribution in [-0.2, 0) is 5.75 Å². The molecule has 0 spiro atoms. The van der Waals surface area contributed by atoms with Gasteiger partial charge in [-0.3, -0.25) is 10.1 Å². The lowest BCUT2D eigenvalue weighted by atomic mass is 10.1. The molecule has 1 aromatic heterocycles. The fourth-order valence-corrected chi connectivity index (χ4v) is 3.41. The number of ether oxygens (including phenoxy) is 1. The summed E-state index contributed by atoms with van der Waals surface area (Å²) in [6.45, 7) is 5.82. The summed E-state index contributed by atoms with van der Waals surface area (Å²) in [7, 11) is 0. The van der Waals surface area contributed by atoms with Gasteiger partial charge in [0.25, 0.3) is 5.69 Å². The highest BCUT2D eigenvalue weighted by Gasteiger charge is 2.16. The van der Waals surface area contributed by atoms with Crippen molar-refractivity contribution in [2.75, 3.05) is 5.84 Å². The molecule has 0 fully saturated rings. The van der Waals surface area contributed by atoms with E-state index in [1.807, 2.05) is 45.0 Å². The van der Waals surface area contributed by atoms with Crippen LogP contribution in [0.3, 0.4) is 0 Å². The first-order valence-electron chi connectivity index (χ1n) is 8.69. The van der Waals surface area contributed by atoms with Crippen LogP contribution in [0.1, 0.15) is 25.0 Å². The lowest BCUT2D eigenvalue weighted by Crippen LogP contribution is -2.12. The third-order valence-electron chi connectivity index (χ3n) is 3.95. The highest BCUT2D eigenvalue weighted by atomic mass is 32.2. The van der Waals surface area contributed by atoms with Crippen molar-refractivity contribution in [2.45, 2.75) is 37.8 Å². The Hall–Kier alpha value is -3.07. The van der Waals surface area contributed by atoms with Crippen LogP contribution in [0, 0.1) is 17.0 Å². The van der Waals surface area contributed by atoms with Crippen molar-refractivity contribution < 1.29 is 9.66 Å². The van der Waals surface area contributed by atoms with Gasteiger partial charge in [0.15, 0.2) is 5.82 Å². The van der Waals surface area contributed by atoms with Gasteiger partial charge in [0.1, 0.15) is 5.75 Å². The van der Waals surface area contributed by atoms with Crippen LogP contribution in [0.4, 0.5) is 5.69 Å². The summed E-state index contributed by atoms with van der Waals surface area (Å²) in [5.41, 5.74) is 2.73. The van der Waals surface area contributed by atoms with Gasteiger partial charge in [0.2, 0.25) is 5.16 Å². The number of hydrogen-bond acceptors (Lipinski definition) is 7. The van der Waals surface area contributed by atoms with Crippen LogP contribution in [0.25, 0.3) is 11.4 Å². The van der Waals surface area contributed by atoms with E-state index < -0.39 is 4.92 Å². The number of rotatable bonds is 7. The van der Waals surface area contributed by atoms with Crippen LogP contribution in [0.2, 0.25) is 0 Å². The molecule has 0 radical (unpaired) electrons. The Morgan fingerprint density at radius 2 is 1.93 bits per heavy atom. The van der Waals surface area contributed by atoms with Gasteiger partial charge in [-0.2, -0.15) is 0 Å². The van der Waals surface area contributed by atoms with Crippen LogP contribution in [-0.4, -0.2) is 25.9 Å². The number of benzene rings is 2. The second-order valence-electron chi connectivity index (χ2n) is 6.55. The number of aromatic nitrogens is 3. The van der Waals surface area contributed by atoms with Gasteiger partial charge in [-0.05, 0) is 26.8 Å². The molecule has 0 atom stereocenters. The molecule has 0 saturated carbocycles. The molecule has 0 saturated heterocycles. The van der Waals surface area contributed by atoms with E-state index in [4.69, 9.17) is 10.6 Å². The maximum absolute atomic E-state index is 11.1. The van der Waals surface area contributed by atoms with E-state index in [1.54, 1.807) is 6.07 Å². The number of nitro groups is 1. The molecule has 2 N–H and O–H groups in total. The molecule has 0 aliphatic carbocycles. The Balaban J connectivity index is 1.83. The van der Waals surface area contributed by atoms with E-state index >= 15 is 0 Å². The number of non-ortho nitro benzene ring substituents is 1. The summed E-state index contributed by atoms with van der Waals surface area (Å²) in [5, 5.41) is 19.9. The Bertz CT molecular complexity index is 986. The zero-order valence-corrected chi connectivity index (χ0v) is 16.6. The zero-order chi connectivity index (χ0) is 20.3. The molecule has 3 rings (SSSR count). The van der Waals surface area contributed by atoms with Crippen LogP contribution in [0.5, 0.6) is 5.75 Å². The Morgan fingerprint density at radius 1 is 1.21 bits per heavy atom. The maximum Gasteiger partial charge on any atom is 0.270 e. The predicted molar refractivity (Wildman–Crippen MR) is 109 cm³/mol. The van der Waals surface area contributed by atoms with Gasteiger partial charge >= 0.3 is 0 Å². The van der Waals surface area contributed by atoms with Crippen molar-refractivity contribution in [2.24, 2.45) is 0 Å². The van der Waals surface area contributed by atoms with Crippen molar-refractivity contribution in [3.8, 4) is 17.1 Å². The number of hydrogen-bond donors (Lipinski definition) is 1. The first-order chi connectivity index (χ1) is 13.3. The number of aryl methyl sites for hydroxylation is 1. The maximum atomic E-state index is 11.1. The van der Waals surface area contributed by atoms with E-state index in [-0.39, 0.29) is 11.8 Å². The van der Waals surface area contributed by atoms with Crippen LogP contribution < -0.4 is 10.6 Å². The quantitative estimate of drug-likeness (QED) is 0.277. The Kier molecular flexibility index (Phi) is 5.84. The lowest BCUT2D eigenvalue weighted by Gasteiger charge is -2.14. The second-order valence-corrected chi connectivity index (χ2v) is 7.49. The van der Waals surface area contributed by atoms with E-state index in [1.165, 1.54) is 28.6 Å². The Labute approximate surface area is 166 Å². The highest BCUT2D eigenvalue weighted by molar-refractivity contribution is 7.98. The molecular formula is C19H21N5O3S. The van der Waals surface area contributed by atoms with Gasteiger partial charge in [0.05, 0.1) is 11.0 Å². The molecule has 28 heavy (non-hydrogen) atoms. The van der Waals surface area contributed by atoms with Crippen molar-refractivity contribution in [1.29, 1.82) is 0 Å². The minimum atomic E-state index is -0.422. The van der Waals surface area contributed by atoms with Crippen molar-refractivity contribution in [3.63, 3.8) is 0 Å². The number of nitro benzene ring substituents is 1. The first kappa shape index (κ1) is 19.7. The SMILES string of the molecule is Cc1ccc(-c2nnc(SCc3cc([N+](=O)[O-])ccc3OC(C)C)n2N)cc1. The van der Waals surface area contributed by atoms with Crippen molar-refractivity contribution in [3.05, 3.63) is 63.7 Å². The minimum Gasteiger partial charge on any atom is -0.491 e. The molecule has 1 heterocycles. The summed E-state index contributed by atoms with van der Waals surface area (Å²) >= 11 is 1.34. The molecule has 3 aromatic rings. The zero-order valence-electron chi connectivity index (χ0n) is 15.8. The molecule has 8 nitrogen and oxygen atoms in total. The lowest BCUT2D eigenvalue weighted by molar-refractivity contribution is -0.384. The summed E-state index contributed by atoms with van der Waals surface area (Å²) in [4.78, 5) is 10.7. The third-order valence-corrected chi connectivity index (χ3v) is 4.94. The summed E-state index contributed by atoms with van der Waals surface area (Å²) in [5.74, 6) is 7.74. The standard InChI is InChI=1S/C19H21N5O3S/c1-12(2)27-17-9-8-16(24(25)26)10-15(17)11-28-19-22-21-18(23(19)20)14-6-4-13(3)5-7-14/h4-10,12H,11,20H2,1-3H3. The summed E-state index contributed by atoms with van der Waals surface area (Å²) < 4.78 is 7.20.